The SMILES string of the molecule is CC1CN(c2nc(C(=O)NN)cs2)C(C)CO1. The minimum atomic E-state index is -0.360. The number of hydrogen-bond acceptors (Lipinski definition) is 6. The summed E-state index contributed by atoms with van der Waals surface area (Å²) in [6.45, 7) is 5.58. The molecular weight excluding hydrogens is 240 g/mol. The lowest BCUT2D eigenvalue weighted by atomic mass is 10.2. The van der Waals surface area contributed by atoms with Gasteiger partial charge in [0.1, 0.15) is 5.69 Å². The Morgan fingerprint density at radius 3 is 3.18 bits per heavy atom. The lowest BCUT2D eigenvalue weighted by Gasteiger charge is -2.36. The molecule has 1 amide bonds. The molecule has 0 aliphatic carbocycles. The number of aromatic nitrogens is 1. The summed E-state index contributed by atoms with van der Waals surface area (Å²) in [4.78, 5) is 17.8. The molecule has 0 spiro atoms. The van der Waals surface area contributed by atoms with Crippen LogP contribution in [0.5, 0.6) is 0 Å². The highest BCUT2D eigenvalue weighted by Crippen LogP contribution is 2.25. The van der Waals surface area contributed by atoms with Crippen LogP contribution in [0.15, 0.2) is 5.38 Å². The van der Waals surface area contributed by atoms with E-state index in [4.69, 9.17) is 10.6 Å². The number of carbonyl (C=O) groups excluding carboxylic acids is 1. The van der Waals surface area contributed by atoms with Crippen molar-refractivity contribution in [3.63, 3.8) is 0 Å². The van der Waals surface area contributed by atoms with E-state index in [9.17, 15) is 4.79 Å². The molecular formula is C10H16N4O2S. The molecule has 17 heavy (non-hydrogen) atoms. The van der Waals surface area contributed by atoms with Gasteiger partial charge in [0.25, 0.3) is 5.91 Å². The molecule has 1 saturated heterocycles. The van der Waals surface area contributed by atoms with Crippen LogP contribution in [0.2, 0.25) is 0 Å². The van der Waals surface area contributed by atoms with E-state index in [0.29, 0.717) is 12.3 Å². The van der Waals surface area contributed by atoms with E-state index >= 15 is 0 Å². The van der Waals surface area contributed by atoms with Crippen molar-refractivity contribution in [3.8, 4) is 0 Å². The van der Waals surface area contributed by atoms with Gasteiger partial charge < -0.3 is 9.64 Å². The minimum absolute atomic E-state index is 0.182. The predicted octanol–water partition coefficient (Wildman–Crippen LogP) is 0.360. The van der Waals surface area contributed by atoms with Crippen molar-refractivity contribution in [1.82, 2.24) is 10.4 Å². The molecule has 1 fully saturated rings. The van der Waals surface area contributed by atoms with Gasteiger partial charge in [-0.1, -0.05) is 0 Å². The van der Waals surface area contributed by atoms with Crippen LogP contribution in [0.4, 0.5) is 5.13 Å². The van der Waals surface area contributed by atoms with Crippen molar-refractivity contribution in [1.29, 1.82) is 0 Å². The number of nitrogens with zero attached hydrogens (tertiary/aromatic N) is 2. The highest BCUT2D eigenvalue weighted by Gasteiger charge is 2.26. The van der Waals surface area contributed by atoms with Crippen LogP contribution >= 0.6 is 11.3 Å². The van der Waals surface area contributed by atoms with Gasteiger partial charge in [0.15, 0.2) is 5.13 Å². The fraction of sp³-hybridized carbons (Fsp3) is 0.600. The molecule has 0 saturated carbocycles. The van der Waals surface area contributed by atoms with E-state index in [1.807, 2.05) is 6.92 Å². The zero-order valence-corrected chi connectivity index (χ0v) is 10.7. The summed E-state index contributed by atoms with van der Waals surface area (Å²) in [5.41, 5.74) is 2.44. The van der Waals surface area contributed by atoms with Gasteiger partial charge in [-0.2, -0.15) is 0 Å². The Bertz CT molecular complexity index is 409. The Balaban J connectivity index is 2.15. The van der Waals surface area contributed by atoms with Crippen LogP contribution in [0.25, 0.3) is 0 Å². The summed E-state index contributed by atoms with van der Waals surface area (Å²) in [7, 11) is 0. The molecule has 2 rings (SSSR count). The normalized spacial score (nSPS) is 24.8. The zero-order chi connectivity index (χ0) is 12.4. The maximum Gasteiger partial charge on any atom is 0.284 e. The minimum Gasteiger partial charge on any atom is -0.375 e. The van der Waals surface area contributed by atoms with E-state index < -0.39 is 0 Å². The predicted molar refractivity (Wildman–Crippen MR) is 66.0 cm³/mol. The second kappa shape index (κ2) is 4.99. The van der Waals surface area contributed by atoms with Gasteiger partial charge in [-0.05, 0) is 13.8 Å². The smallest absolute Gasteiger partial charge is 0.284 e. The summed E-state index contributed by atoms with van der Waals surface area (Å²) >= 11 is 1.45. The second-order valence-corrected chi connectivity index (χ2v) is 4.97. The molecule has 1 aromatic heterocycles. The fourth-order valence-corrected chi connectivity index (χ4v) is 2.66. The number of thiazole rings is 1. The number of nitrogen functional groups attached to an aromatic ring is 1. The quantitative estimate of drug-likeness (QED) is 0.454. The molecule has 1 aliphatic rings. The maximum absolute atomic E-state index is 11.3. The van der Waals surface area contributed by atoms with Crippen LogP contribution in [0, 0.1) is 0 Å². The van der Waals surface area contributed by atoms with Crippen molar-refractivity contribution < 1.29 is 9.53 Å². The molecule has 0 aromatic carbocycles. The molecule has 3 N–H and O–H groups in total. The number of rotatable bonds is 2. The zero-order valence-electron chi connectivity index (χ0n) is 9.84. The van der Waals surface area contributed by atoms with E-state index in [1.165, 1.54) is 11.3 Å². The topological polar surface area (TPSA) is 80.5 Å². The van der Waals surface area contributed by atoms with Crippen LogP contribution in [-0.2, 0) is 4.74 Å². The van der Waals surface area contributed by atoms with Gasteiger partial charge in [-0.15, -0.1) is 11.3 Å². The van der Waals surface area contributed by atoms with Gasteiger partial charge in [0.2, 0.25) is 0 Å². The van der Waals surface area contributed by atoms with Gasteiger partial charge in [0.05, 0.1) is 18.8 Å². The number of amides is 1. The molecule has 2 atom stereocenters. The van der Waals surface area contributed by atoms with E-state index in [0.717, 1.165) is 11.7 Å². The van der Waals surface area contributed by atoms with Crippen molar-refractivity contribution in [2.24, 2.45) is 5.84 Å². The molecule has 2 unspecified atom stereocenters. The summed E-state index contributed by atoms with van der Waals surface area (Å²) in [6, 6.07) is 0.270. The first-order valence-corrected chi connectivity index (χ1v) is 6.34. The molecule has 1 aliphatic heterocycles. The van der Waals surface area contributed by atoms with Crippen molar-refractivity contribution >= 4 is 22.4 Å². The summed E-state index contributed by atoms with van der Waals surface area (Å²) < 4.78 is 5.55. The summed E-state index contributed by atoms with van der Waals surface area (Å²) in [5.74, 6) is 4.71. The summed E-state index contributed by atoms with van der Waals surface area (Å²) in [5, 5.41) is 2.55. The standard InChI is InChI=1S/C10H16N4O2S/c1-6-4-16-7(2)3-14(6)10-12-8(5-17-10)9(15)13-11/h5-7H,3-4,11H2,1-2H3,(H,13,15). The van der Waals surface area contributed by atoms with Gasteiger partial charge >= 0.3 is 0 Å². The molecule has 7 heteroatoms. The molecule has 1 aromatic rings. The maximum atomic E-state index is 11.3. The van der Waals surface area contributed by atoms with Crippen LogP contribution < -0.4 is 16.2 Å². The molecule has 94 valence electrons. The second-order valence-electron chi connectivity index (χ2n) is 4.13. The number of nitrogens with two attached hydrogens (primary N) is 1. The number of morpholine rings is 1. The highest BCUT2D eigenvalue weighted by atomic mass is 32.1. The number of anilines is 1. The van der Waals surface area contributed by atoms with E-state index in [1.54, 1.807) is 5.38 Å². The summed E-state index contributed by atoms with van der Waals surface area (Å²) in [6.07, 6.45) is 0.182. The Morgan fingerprint density at radius 2 is 2.47 bits per heavy atom. The largest absolute Gasteiger partial charge is 0.375 e. The Labute approximate surface area is 104 Å². The Kier molecular flexibility index (Phi) is 3.60. The first kappa shape index (κ1) is 12.3. The molecule has 2 heterocycles. The van der Waals surface area contributed by atoms with Crippen molar-refractivity contribution in [3.05, 3.63) is 11.1 Å². The van der Waals surface area contributed by atoms with Crippen LogP contribution in [-0.4, -0.2) is 36.2 Å². The third kappa shape index (κ3) is 2.56. The number of ether oxygens (including phenoxy) is 1. The average Bonchev–Trinajstić information content (AvgIpc) is 2.80. The molecule has 0 bridgehead atoms. The average molecular weight is 256 g/mol. The first-order chi connectivity index (χ1) is 8.11. The van der Waals surface area contributed by atoms with E-state index in [-0.39, 0.29) is 18.1 Å². The van der Waals surface area contributed by atoms with E-state index in [2.05, 4.69) is 22.2 Å². The lowest BCUT2D eigenvalue weighted by Crippen LogP contribution is -2.47. The number of carbonyl (C=O) groups is 1. The third-order valence-electron chi connectivity index (χ3n) is 2.71. The van der Waals surface area contributed by atoms with Crippen molar-refractivity contribution in [2.45, 2.75) is 26.0 Å². The van der Waals surface area contributed by atoms with Gasteiger partial charge in [-0.25, -0.2) is 10.8 Å². The van der Waals surface area contributed by atoms with Gasteiger partial charge in [0, 0.05) is 11.9 Å². The lowest BCUT2D eigenvalue weighted by molar-refractivity contribution is 0.0343. The third-order valence-corrected chi connectivity index (χ3v) is 3.59. The highest BCUT2D eigenvalue weighted by molar-refractivity contribution is 7.13. The van der Waals surface area contributed by atoms with Gasteiger partial charge in [-0.3, -0.25) is 10.2 Å². The Hall–Kier alpha value is -1.18. The van der Waals surface area contributed by atoms with Crippen molar-refractivity contribution in [2.75, 3.05) is 18.1 Å². The fourth-order valence-electron chi connectivity index (χ4n) is 1.74. The molecule has 0 radical (unpaired) electrons. The van der Waals surface area contributed by atoms with Crippen LogP contribution in [0.1, 0.15) is 24.3 Å². The Morgan fingerprint density at radius 1 is 1.71 bits per heavy atom. The molecule has 6 nitrogen and oxygen atoms in total. The number of hydrogen-bond donors (Lipinski definition) is 2. The monoisotopic (exact) mass is 256 g/mol. The number of nitrogens with one attached hydrogen (secondary N) is 1. The number of hydrazine groups is 1. The first-order valence-electron chi connectivity index (χ1n) is 5.46. The van der Waals surface area contributed by atoms with Crippen LogP contribution in [0.3, 0.4) is 0 Å².